The van der Waals surface area contributed by atoms with Gasteiger partial charge in [0.15, 0.2) is 0 Å². The van der Waals surface area contributed by atoms with E-state index in [1.54, 1.807) is 0 Å². The molecule has 0 saturated heterocycles. The van der Waals surface area contributed by atoms with E-state index in [9.17, 15) is 4.79 Å². The smallest absolute Gasteiger partial charge is 0.246 e. The number of carbonyl (C=O) groups is 1. The van der Waals surface area contributed by atoms with Crippen LogP contribution >= 0.6 is 0 Å². The van der Waals surface area contributed by atoms with Gasteiger partial charge in [0.05, 0.1) is 6.04 Å². The van der Waals surface area contributed by atoms with E-state index in [1.807, 2.05) is 6.92 Å². The third-order valence-electron chi connectivity index (χ3n) is 2.54. The Labute approximate surface area is 96.8 Å². The second-order valence-electron chi connectivity index (χ2n) is 4.08. The van der Waals surface area contributed by atoms with Crippen LogP contribution in [0, 0.1) is 13.8 Å². The zero-order valence-electron chi connectivity index (χ0n) is 10.3. The minimum Gasteiger partial charge on any atom is -0.375 e. The molecule has 0 aliphatic carbocycles. The first kappa shape index (κ1) is 12.7. The first-order valence-electron chi connectivity index (χ1n) is 5.40. The Bertz CT molecular complexity index is 374. The summed E-state index contributed by atoms with van der Waals surface area (Å²) >= 11 is 0. The first-order chi connectivity index (χ1) is 7.54. The van der Waals surface area contributed by atoms with E-state index in [0.29, 0.717) is 0 Å². The monoisotopic (exact) mass is 221 g/mol. The van der Waals surface area contributed by atoms with Gasteiger partial charge in [-0.25, -0.2) is 0 Å². The fourth-order valence-corrected chi connectivity index (χ4v) is 1.80. The maximum absolute atomic E-state index is 11.4. The molecule has 0 spiro atoms. The molecule has 0 heterocycles. The van der Waals surface area contributed by atoms with Crippen LogP contribution in [0.15, 0.2) is 18.2 Å². The predicted octanol–water partition coefficient (Wildman–Crippen LogP) is 2.13. The number of benzene rings is 1. The summed E-state index contributed by atoms with van der Waals surface area (Å²) in [6, 6.07) is 6.25. The van der Waals surface area contributed by atoms with Crippen LogP contribution in [-0.4, -0.2) is 19.6 Å². The number of hydrogen-bond acceptors (Lipinski definition) is 2. The van der Waals surface area contributed by atoms with Crippen LogP contribution < -0.4 is 5.32 Å². The highest BCUT2D eigenvalue weighted by Gasteiger charge is 2.11. The van der Waals surface area contributed by atoms with E-state index in [2.05, 4.69) is 37.4 Å². The largest absolute Gasteiger partial charge is 0.375 e. The third kappa shape index (κ3) is 3.35. The van der Waals surface area contributed by atoms with E-state index in [4.69, 9.17) is 4.74 Å². The van der Waals surface area contributed by atoms with Crippen LogP contribution in [0.3, 0.4) is 0 Å². The molecule has 3 nitrogen and oxygen atoms in total. The van der Waals surface area contributed by atoms with Crippen molar-refractivity contribution in [3.05, 3.63) is 34.9 Å². The lowest BCUT2D eigenvalue weighted by atomic mass is 10.0. The molecule has 0 fully saturated rings. The molecule has 0 aliphatic rings. The van der Waals surface area contributed by atoms with Gasteiger partial charge >= 0.3 is 0 Å². The summed E-state index contributed by atoms with van der Waals surface area (Å²) in [5.41, 5.74) is 3.58. The van der Waals surface area contributed by atoms with E-state index in [-0.39, 0.29) is 18.6 Å². The van der Waals surface area contributed by atoms with Gasteiger partial charge in [-0.05, 0) is 31.9 Å². The molecule has 1 amide bonds. The summed E-state index contributed by atoms with van der Waals surface area (Å²) in [4.78, 5) is 11.4. The Morgan fingerprint density at radius 3 is 2.69 bits per heavy atom. The maximum atomic E-state index is 11.4. The van der Waals surface area contributed by atoms with E-state index in [0.717, 1.165) is 5.56 Å². The number of methoxy groups -OCH3 is 1. The molecule has 1 atom stereocenters. The number of aryl methyl sites for hydroxylation is 2. The molecule has 16 heavy (non-hydrogen) atoms. The Morgan fingerprint density at radius 2 is 2.12 bits per heavy atom. The summed E-state index contributed by atoms with van der Waals surface area (Å²) in [5.74, 6) is -0.0880. The molecule has 1 aromatic carbocycles. The van der Waals surface area contributed by atoms with E-state index in [1.165, 1.54) is 18.2 Å². The zero-order valence-corrected chi connectivity index (χ0v) is 10.3. The van der Waals surface area contributed by atoms with Gasteiger partial charge in [-0.15, -0.1) is 0 Å². The molecule has 0 bridgehead atoms. The van der Waals surface area contributed by atoms with Crippen molar-refractivity contribution >= 4 is 5.91 Å². The van der Waals surface area contributed by atoms with Crippen molar-refractivity contribution in [1.29, 1.82) is 0 Å². The van der Waals surface area contributed by atoms with Gasteiger partial charge in [0, 0.05) is 7.11 Å². The van der Waals surface area contributed by atoms with Crippen molar-refractivity contribution < 1.29 is 9.53 Å². The van der Waals surface area contributed by atoms with Crippen molar-refractivity contribution in [1.82, 2.24) is 5.32 Å². The second kappa shape index (κ2) is 5.66. The lowest BCUT2D eigenvalue weighted by molar-refractivity contribution is -0.125. The minimum absolute atomic E-state index is 0.0169. The average Bonchev–Trinajstić information content (AvgIpc) is 2.17. The summed E-state index contributed by atoms with van der Waals surface area (Å²) in [7, 11) is 1.52. The molecule has 0 unspecified atom stereocenters. The van der Waals surface area contributed by atoms with Crippen LogP contribution in [0.4, 0.5) is 0 Å². The highest BCUT2D eigenvalue weighted by Crippen LogP contribution is 2.18. The Balaban J connectivity index is 2.72. The van der Waals surface area contributed by atoms with Gasteiger partial charge in [-0.3, -0.25) is 4.79 Å². The topological polar surface area (TPSA) is 38.3 Å². The number of ether oxygens (including phenoxy) is 1. The van der Waals surface area contributed by atoms with E-state index >= 15 is 0 Å². The number of rotatable bonds is 4. The van der Waals surface area contributed by atoms with Gasteiger partial charge < -0.3 is 10.1 Å². The molecule has 3 heteroatoms. The highest BCUT2D eigenvalue weighted by molar-refractivity contribution is 5.77. The number of carbonyl (C=O) groups excluding carboxylic acids is 1. The molecule has 0 radical (unpaired) electrons. The van der Waals surface area contributed by atoms with Crippen LogP contribution in [-0.2, 0) is 9.53 Å². The summed E-state index contributed by atoms with van der Waals surface area (Å²) in [6.45, 7) is 6.20. The highest BCUT2D eigenvalue weighted by atomic mass is 16.5. The summed E-state index contributed by atoms with van der Waals surface area (Å²) in [5, 5.41) is 2.89. The van der Waals surface area contributed by atoms with Gasteiger partial charge in [0.1, 0.15) is 6.61 Å². The Kier molecular flexibility index (Phi) is 4.50. The first-order valence-corrected chi connectivity index (χ1v) is 5.40. The quantitative estimate of drug-likeness (QED) is 0.845. The number of nitrogens with one attached hydrogen (secondary N) is 1. The lowest BCUT2D eigenvalue weighted by Gasteiger charge is -2.16. The number of hydrogen-bond donors (Lipinski definition) is 1. The molecule has 1 rings (SSSR count). The van der Waals surface area contributed by atoms with Crippen molar-refractivity contribution in [3.63, 3.8) is 0 Å². The van der Waals surface area contributed by atoms with Gasteiger partial charge in [0.2, 0.25) is 5.91 Å². The normalized spacial score (nSPS) is 12.2. The van der Waals surface area contributed by atoms with E-state index < -0.39 is 0 Å². The molecule has 0 aromatic heterocycles. The van der Waals surface area contributed by atoms with Crippen LogP contribution in [0.25, 0.3) is 0 Å². The second-order valence-corrected chi connectivity index (χ2v) is 4.08. The molecule has 0 saturated carbocycles. The van der Waals surface area contributed by atoms with Crippen LogP contribution in [0.2, 0.25) is 0 Å². The lowest BCUT2D eigenvalue weighted by Crippen LogP contribution is -2.30. The van der Waals surface area contributed by atoms with Crippen LogP contribution in [0.5, 0.6) is 0 Å². The summed E-state index contributed by atoms with van der Waals surface area (Å²) in [6.07, 6.45) is 0. The summed E-state index contributed by atoms with van der Waals surface area (Å²) < 4.78 is 4.78. The molecular weight excluding hydrogens is 202 g/mol. The third-order valence-corrected chi connectivity index (χ3v) is 2.54. The van der Waals surface area contributed by atoms with Gasteiger partial charge in [-0.1, -0.05) is 23.8 Å². The average molecular weight is 221 g/mol. The maximum Gasteiger partial charge on any atom is 0.246 e. The van der Waals surface area contributed by atoms with Gasteiger partial charge in [0.25, 0.3) is 0 Å². The fraction of sp³-hybridized carbons (Fsp3) is 0.462. The Hall–Kier alpha value is -1.35. The van der Waals surface area contributed by atoms with Crippen molar-refractivity contribution in [2.24, 2.45) is 0 Å². The fourth-order valence-electron chi connectivity index (χ4n) is 1.80. The minimum atomic E-state index is -0.0880. The molecule has 1 aromatic rings. The van der Waals surface area contributed by atoms with Gasteiger partial charge in [-0.2, -0.15) is 0 Å². The van der Waals surface area contributed by atoms with Crippen molar-refractivity contribution in [2.75, 3.05) is 13.7 Å². The van der Waals surface area contributed by atoms with Crippen molar-refractivity contribution in [2.45, 2.75) is 26.8 Å². The molecule has 88 valence electrons. The molecular formula is C13H19NO2. The molecule has 1 N–H and O–H groups in total. The van der Waals surface area contributed by atoms with Crippen molar-refractivity contribution in [3.8, 4) is 0 Å². The standard InChI is InChI=1S/C13H19NO2/c1-9-5-6-12(10(2)7-9)11(3)14-13(15)8-16-4/h5-7,11H,8H2,1-4H3,(H,14,15)/t11-/m1/s1. The van der Waals surface area contributed by atoms with Crippen LogP contribution in [0.1, 0.15) is 29.7 Å². The number of amides is 1. The Morgan fingerprint density at radius 1 is 1.44 bits per heavy atom. The SMILES string of the molecule is COCC(=O)N[C@H](C)c1ccc(C)cc1C. The zero-order chi connectivity index (χ0) is 12.1. The predicted molar refractivity (Wildman–Crippen MR) is 64.3 cm³/mol. The molecule has 0 aliphatic heterocycles.